The molecule has 0 radical (unpaired) electrons. The lowest BCUT2D eigenvalue weighted by atomic mass is 10.1. The minimum atomic E-state index is -0.783. The highest BCUT2D eigenvalue weighted by molar-refractivity contribution is 5.94. The van der Waals surface area contributed by atoms with Crippen LogP contribution < -0.4 is 11.1 Å². The third kappa shape index (κ3) is 2.51. The summed E-state index contributed by atoms with van der Waals surface area (Å²) >= 11 is 0. The Bertz CT molecular complexity index is 530. The zero-order valence-electron chi connectivity index (χ0n) is 9.54. The molecule has 90 valence electrons. The molecule has 0 aliphatic rings. The van der Waals surface area contributed by atoms with Gasteiger partial charge in [0.25, 0.3) is 0 Å². The van der Waals surface area contributed by atoms with Crippen LogP contribution in [0.1, 0.15) is 17.3 Å². The molecule has 0 saturated carbocycles. The van der Waals surface area contributed by atoms with Gasteiger partial charge in [0.2, 0.25) is 11.8 Å². The first-order valence-corrected chi connectivity index (χ1v) is 5.04. The van der Waals surface area contributed by atoms with Gasteiger partial charge in [0.05, 0.1) is 11.9 Å². The molecule has 0 aliphatic carbocycles. The molecule has 2 rings (SSSR count). The van der Waals surface area contributed by atoms with E-state index in [9.17, 15) is 4.79 Å². The summed E-state index contributed by atoms with van der Waals surface area (Å²) < 4.78 is 6.45. The maximum absolute atomic E-state index is 11.8. The number of aromatic nitrogens is 3. The summed E-state index contributed by atoms with van der Waals surface area (Å²) in [5.74, 6) is -0.0824. The van der Waals surface area contributed by atoms with Gasteiger partial charge in [-0.05, 0) is 6.92 Å². The van der Waals surface area contributed by atoms with Gasteiger partial charge in [0.1, 0.15) is 6.04 Å². The van der Waals surface area contributed by atoms with Crippen LogP contribution >= 0.6 is 0 Å². The average molecular weight is 235 g/mol. The van der Waals surface area contributed by atoms with Crippen molar-refractivity contribution in [2.24, 2.45) is 12.8 Å². The summed E-state index contributed by atoms with van der Waals surface area (Å²) in [7, 11) is 1.76. The number of nitrogens with zero attached hydrogens (tertiary/aromatic N) is 3. The number of carbonyl (C=O) groups excluding carboxylic acids is 1. The van der Waals surface area contributed by atoms with Crippen molar-refractivity contribution in [3.8, 4) is 0 Å². The number of anilines is 1. The van der Waals surface area contributed by atoms with Crippen LogP contribution in [-0.2, 0) is 11.8 Å². The second-order valence-corrected chi connectivity index (χ2v) is 3.75. The van der Waals surface area contributed by atoms with Crippen molar-refractivity contribution in [1.82, 2.24) is 14.9 Å². The van der Waals surface area contributed by atoms with Crippen LogP contribution in [-0.4, -0.2) is 20.8 Å². The largest absolute Gasteiger partial charge is 0.338 e. The molecule has 3 N–H and O–H groups in total. The Hall–Kier alpha value is -2.15. The molecule has 1 atom stereocenters. The second-order valence-electron chi connectivity index (χ2n) is 3.75. The van der Waals surface area contributed by atoms with Gasteiger partial charge < -0.3 is 10.3 Å². The maximum atomic E-state index is 11.8. The molecular formula is C10H13N5O2. The summed E-state index contributed by atoms with van der Waals surface area (Å²) in [6.45, 7) is 1.76. The molecule has 17 heavy (non-hydrogen) atoms. The highest BCUT2D eigenvalue weighted by atomic mass is 16.5. The topological polar surface area (TPSA) is 99.0 Å². The standard InChI is InChI=1S/C10H13N5O2/c1-6-3-8(17-14-6)13-10(16)9(11)7-4-12-15(2)5-7/h3-5,9H,11H2,1-2H3,(H,13,16). The first kappa shape index (κ1) is 11.3. The quantitative estimate of drug-likeness (QED) is 0.800. The molecular weight excluding hydrogens is 222 g/mol. The molecule has 0 saturated heterocycles. The van der Waals surface area contributed by atoms with Crippen molar-refractivity contribution in [3.05, 3.63) is 29.7 Å². The average Bonchev–Trinajstić information content (AvgIpc) is 2.87. The first-order valence-electron chi connectivity index (χ1n) is 5.04. The number of nitrogens with one attached hydrogen (secondary N) is 1. The van der Waals surface area contributed by atoms with Gasteiger partial charge in [-0.2, -0.15) is 5.10 Å². The summed E-state index contributed by atoms with van der Waals surface area (Å²) in [5, 5.41) is 10.2. The molecule has 0 fully saturated rings. The first-order chi connectivity index (χ1) is 8.06. The van der Waals surface area contributed by atoms with Crippen LogP contribution in [0.5, 0.6) is 0 Å². The van der Waals surface area contributed by atoms with Crippen LogP contribution in [0.4, 0.5) is 5.88 Å². The zero-order valence-corrected chi connectivity index (χ0v) is 9.54. The number of aryl methyl sites for hydroxylation is 2. The lowest BCUT2D eigenvalue weighted by molar-refractivity contribution is -0.117. The maximum Gasteiger partial charge on any atom is 0.248 e. The zero-order chi connectivity index (χ0) is 12.4. The predicted molar refractivity (Wildman–Crippen MR) is 60.0 cm³/mol. The Balaban J connectivity index is 2.05. The van der Waals surface area contributed by atoms with E-state index in [0.29, 0.717) is 11.3 Å². The van der Waals surface area contributed by atoms with Crippen molar-refractivity contribution >= 4 is 11.8 Å². The Morgan fingerprint density at radius 3 is 2.94 bits per heavy atom. The number of nitrogens with two attached hydrogens (primary N) is 1. The summed E-state index contributed by atoms with van der Waals surface area (Å²) in [6.07, 6.45) is 3.24. The third-order valence-corrected chi connectivity index (χ3v) is 2.24. The summed E-state index contributed by atoms with van der Waals surface area (Å²) in [5.41, 5.74) is 7.11. The summed E-state index contributed by atoms with van der Waals surface area (Å²) in [6, 6.07) is 0.836. The van der Waals surface area contributed by atoms with Crippen LogP contribution in [0.3, 0.4) is 0 Å². The van der Waals surface area contributed by atoms with E-state index in [1.165, 1.54) is 0 Å². The van der Waals surface area contributed by atoms with Crippen molar-refractivity contribution in [2.45, 2.75) is 13.0 Å². The van der Waals surface area contributed by atoms with E-state index in [1.807, 2.05) is 0 Å². The Morgan fingerprint density at radius 2 is 2.41 bits per heavy atom. The molecule has 0 aliphatic heterocycles. The highest BCUT2D eigenvalue weighted by Gasteiger charge is 2.18. The number of hydrogen-bond donors (Lipinski definition) is 2. The van der Waals surface area contributed by atoms with Gasteiger partial charge in [-0.25, -0.2) is 0 Å². The third-order valence-electron chi connectivity index (χ3n) is 2.24. The number of amides is 1. The smallest absolute Gasteiger partial charge is 0.248 e. The van der Waals surface area contributed by atoms with Gasteiger partial charge in [0, 0.05) is 24.9 Å². The molecule has 2 aromatic rings. The van der Waals surface area contributed by atoms with E-state index in [-0.39, 0.29) is 11.8 Å². The molecule has 0 spiro atoms. The Kier molecular flexibility index (Phi) is 2.92. The molecule has 2 aromatic heterocycles. The molecule has 1 unspecified atom stereocenters. The molecule has 0 bridgehead atoms. The van der Waals surface area contributed by atoms with Crippen LogP contribution in [0.25, 0.3) is 0 Å². The van der Waals surface area contributed by atoms with Crippen molar-refractivity contribution in [1.29, 1.82) is 0 Å². The fourth-order valence-corrected chi connectivity index (χ4v) is 1.37. The molecule has 0 aromatic carbocycles. The molecule has 7 nitrogen and oxygen atoms in total. The van der Waals surface area contributed by atoms with Gasteiger partial charge in [-0.15, -0.1) is 0 Å². The van der Waals surface area contributed by atoms with Crippen molar-refractivity contribution in [2.75, 3.05) is 5.32 Å². The lowest BCUT2D eigenvalue weighted by Crippen LogP contribution is -2.27. The molecule has 2 heterocycles. The van der Waals surface area contributed by atoms with Crippen molar-refractivity contribution < 1.29 is 9.32 Å². The minimum Gasteiger partial charge on any atom is -0.338 e. The van der Waals surface area contributed by atoms with Gasteiger partial charge >= 0.3 is 0 Å². The van der Waals surface area contributed by atoms with Gasteiger partial charge in [-0.3, -0.25) is 14.8 Å². The Morgan fingerprint density at radius 1 is 1.65 bits per heavy atom. The van der Waals surface area contributed by atoms with E-state index in [4.69, 9.17) is 10.3 Å². The minimum absolute atomic E-state index is 0.284. The van der Waals surface area contributed by atoms with Crippen LogP contribution in [0.2, 0.25) is 0 Å². The van der Waals surface area contributed by atoms with Gasteiger partial charge in [-0.1, -0.05) is 5.16 Å². The fourth-order valence-electron chi connectivity index (χ4n) is 1.37. The molecule has 7 heteroatoms. The van der Waals surface area contributed by atoms with E-state index in [2.05, 4.69) is 15.6 Å². The SMILES string of the molecule is Cc1cc(NC(=O)C(N)c2cnn(C)c2)on1. The van der Waals surface area contributed by atoms with E-state index in [1.54, 1.807) is 37.1 Å². The van der Waals surface area contributed by atoms with Crippen LogP contribution in [0, 0.1) is 6.92 Å². The van der Waals surface area contributed by atoms with E-state index in [0.717, 1.165) is 0 Å². The summed E-state index contributed by atoms with van der Waals surface area (Å²) in [4.78, 5) is 11.8. The molecule has 1 amide bonds. The van der Waals surface area contributed by atoms with Gasteiger partial charge in [0.15, 0.2) is 0 Å². The normalized spacial score (nSPS) is 12.4. The van der Waals surface area contributed by atoms with E-state index < -0.39 is 6.04 Å². The van der Waals surface area contributed by atoms with Crippen molar-refractivity contribution in [3.63, 3.8) is 0 Å². The number of hydrogen-bond acceptors (Lipinski definition) is 5. The monoisotopic (exact) mass is 235 g/mol. The fraction of sp³-hybridized carbons (Fsp3) is 0.300. The lowest BCUT2D eigenvalue weighted by Gasteiger charge is -2.07. The van der Waals surface area contributed by atoms with E-state index >= 15 is 0 Å². The number of carbonyl (C=O) groups is 1. The Labute approximate surface area is 97.6 Å². The second kappa shape index (κ2) is 4.38. The predicted octanol–water partition coefficient (Wildman–Crippen LogP) is 0.355. The number of rotatable bonds is 3. The van der Waals surface area contributed by atoms with Crippen LogP contribution in [0.15, 0.2) is 23.0 Å². The highest BCUT2D eigenvalue weighted by Crippen LogP contribution is 2.13.